The van der Waals surface area contributed by atoms with E-state index in [2.05, 4.69) is 36.3 Å². The van der Waals surface area contributed by atoms with Crippen LogP contribution in [0.4, 0.5) is 5.69 Å². The van der Waals surface area contributed by atoms with E-state index in [-0.39, 0.29) is 22.5 Å². The molecule has 1 amide bonds. The number of hydrogen-bond donors (Lipinski definition) is 1. The minimum absolute atomic E-state index is 0.0386. The van der Waals surface area contributed by atoms with Crippen LogP contribution in [-0.4, -0.2) is 33.4 Å². The van der Waals surface area contributed by atoms with Crippen LogP contribution in [0.15, 0.2) is 29.4 Å². The van der Waals surface area contributed by atoms with E-state index in [9.17, 15) is 4.79 Å². The summed E-state index contributed by atoms with van der Waals surface area (Å²) in [5.41, 5.74) is 3.00. The Morgan fingerprint density at radius 2 is 2.07 bits per heavy atom. The molecule has 0 unspecified atom stereocenters. The number of carbonyl (C=O) groups excluding carboxylic acids is 1. The summed E-state index contributed by atoms with van der Waals surface area (Å²) in [6.45, 7) is 9.38. The Bertz CT molecular complexity index is 917. The van der Waals surface area contributed by atoms with E-state index in [1.807, 2.05) is 31.2 Å². The second-order valence-electron chi connectivity index (χ2n) is 8.24. The van der Waals surface area contributed by atoms with Crippen molar-refractivity contribution in [1.29, 1.82) is 0 Å². The van der Waals surface area contributed by atoms with E-state index < -0.39 is 0 Å². The minimum Gasteiger partial charge on any atom is -0.492 e. The van der Waals surface area contributed by atoms with Gasteiger partial charge >= 0.3 is 0 Å². The number of fused-ring (bicyclic) bond motifs is 5. The largest absolute Gasteiger partial charge is 0.492 e. The predicted molar refractivity (Wildman–Crippen MR) is 110 cm³/mol. The third-order valence-electron chi connectivity index (χ3n) is 6.57. The number of aromatic nitrogens is 3. The number of benzene rings is 1. The molecule has 0 radical (unpaired) electrons. The number of para-hydroxylation sites is 2. The smallest absolute Gasteiger partial charge is 0.234 e. The zero-order valence-corrected chi connectivity index (χ0v) is 17.6. The Morgan fingerprint density at radius 1 is 1.29 bits per heavy atom. The SMILES string of the molecule is CCOc1ccccc1NC(=O)CSc1nnc2c(n1)[C@]1(C)CC[C@@H]2C1(C)C. The van der Waals surface area contributed by atoms with Gasteiger partial charge in [-0.2, -0.15) is 5.10 Å². The first-order chi connectivity index (χ1) is 13.4. The van der Waals surface area contributed by atoms with Crippen LogP contribution in [0.1, 0.15) is 57.8 Å². The molecule has 1 N–H and O–H groups in total. The van der Waals surface area contributed by atoms with Gasteiger partial charge in [0.15, 0.2) is 0 Å². The van der Waals surface area contributed by atoms with Crippen molar-refractivity contribution in [1.82, 2.24) is 15.2 Å². The topological polar surface area (TPSA) is 77.0 Å². The van der Waals surface area contributed by atoms with Crippen LogP contribution in [0.25, 0.3) is 0 Å². The molecule has 2 aliphatic carbocycles. The summed E-state index contributed by atoms with van der Waals surface area (Å²) in [5, 5.41) is 12.3. The fourth-order valence-electron chi connectivity index (χ4n) is 4.59. The molecule has 2 aliphatic rings. The first kappa shape index (κ1) is 19.2. The number of hydrogen-bond acceptors (Lipinski definition) is 6. The van der Waals surface area contributed by atoms with Gasteiger partial charge in [0, 0.05) is 11.3 Å². The van der Waals surface area contributed by atoms with Crippen molar-refractivity contribution in [3.63, 3.8) is 0 Å². The second kappa shape index (κ2) is 7.03. The molecule has 4 rings (SSSR count). The van der Waals surface area contributed by atoms with E-state index in [4.69, 9.17) is 9.72 Å². The summed E-state index contributed by atoms with van der Waals surface area (Å²) in [6, 6.07) is 7.43. The first-order valence-corrected chi connectivity index (χ1v) is 10.7. The van der Waals surface area contributed by atoms with Gasteiger partial charge in [0.1, 0.15) is 5.75 Å². The van der Waals surface area contributed by atoms with Crippen molar-refractivity contribution in [2.24, 2.45) is 5.41 Å². The van der Waals surface area contributed by atoms with E-state index >= 15 is 0 Å². The molecule has 148 valence electrons. The Labute approximate surface area is 169 Å². The van der Waals surface area contributed by atoms with Gasteiger partial charge in [-0.1, -0.05) is 44.7 Å². The molecule has 7 heteroatoms. The van der Waals surface area contributed by atoms with E-state index in [0.29, 0.717) is 29.1 Å². The van der Waals surface area contributed by atoms with Crippen LogP contribution in [0.3, 0.4) is 0 Å². The second-order valence-corrected chi connectivity index (χ2v) is 9.18. The number of rotatable bonds is 6. The standard InChI is InChI=1S/C21H26N4O2S/c1-5-27-15-9-7-6-8-14(15)22-16(26)12-28-19-23-18-17(24-25-19)13-10-11-21(18,4)20(13,2)3/h6-9,13H,5,10-12H2,1-4H3,(H,22,26)/t13-,21-/m0/s1. The van der Waals surface area contributed by atoms with Crippen LogP contribution in [0.2, 0.25) is 0 Å². The van der Waals surface area contributed by atoms with Gasteiger partial charge < -0.3 is 10.1 Å². The number of carbonyl (C=O) groups is 1. The van der Waals surface area contributed by atoms with E-state index in [0.717, 1.165) is 24.2 Å². The molecule has 2 aromatic rings. The normalized spacial score (nSPS) is 24.1. The number of amides is 1. The van der Waals surface area contributed by atoms with Crippen molar-refractivity contribution >= 4 is 23.4 Å². The number of nitrogens with zero attached hydrogens (tertiary/aromatic N) is 3. The molecule has 6 nitrogen and oxygen atoms in total. The third kappa shape index (κ3) is 2.96. The number of nitrogens with one attached hydrogen (secondary N) is 1. The van der Waals surface area contributed by atoms with Crippen LogP contribution >= 0.6 is 11.8 Å². The summed E-state index contributed by atoms with van der Waals surface area (Å²) in [5.74, 6) is 1.22. The molecule has 1 aromatic carbocycles. The van der Waals surface area contributed by atoms with Crippen molar-refractivity contribution in [3.05, 3.63) is 35.7 Å². The monoisotopic (exact) mass is 398 g/mol. The number of thioether (sulfide) groups is 1. The summed E-state index contributed by atoms with van der Waals surface area (Å²) < 4.78 is 5.55. The third-order valence-corrected chi connectivity index (χ3v) is 7.40. The maximum atomic E-state index is 12.4. The molecular formula is C21H26N4O2S. The van der Waals surface area contributed by atoms with Gasteiger partial charge in [0.05, 0.1) is 29.4 Å². The lowest BCUT2D eigenvalue weighted by Crippen LogP contribution is -2.32. The molecular weight excluding hydrogens is 372 g/mol. The average molecular weight is 399 g/mol. The molecule has 1 heterocycles. The van der Waals surface area contributed by atoms with Gasteiger partial charge in [-0.15, -0.1) is 5.10 Å². The number of ether oxygens (including phenoxy) is 1. The zero-order valence-electron chi connectivity index (χ0n) is 16.8. The van der Waals surface area contributed by atoms with Crippen molar-refractivity contribution < 1.29 is 9.53 Å². The van der Waals surface area contributed by atoms with Gasteiger partial charge in [-0.05, 0) is 37.3 Å². The lowest BCUT2D eigenvalue weighted by Gasteiger charge is -2.33. The van der Waals surface area contributed by atoms with Crippen LogP contribution in [0, 0.1) is 5.41 Å². The Kier molecular flexibility index (Phi) is 4.81. The van der Waals surface area contributed by atoms with Gasteiger partial charge in [0.2, 0.25) is 11.1 Å². The summed E-state index contributed by atoms with van der Waals surface area (Å²) in [7, 11) is 0. The maximum absolute atomic E-state index is 12.4. The summed E-state index contributed by atoms with van der Waals surface area (Å²) >= 11 is 1.32. The van der Waals surface area contributed by atoms with Gasteiger partial charge in [-0.3, -0.25) is 4.79 Å². The fraction of sp³-hybridized carbons (Fsp3) is 0.524. The molecule has 2 atom stereocenters. The molecule has 0 saturated heterocycles. The van der Waals surface area contributed by atoms with Crippen LogP contribution in [0.5, 0.6) is 5.75 Å². The molecule has 1 aromatic heterocycles. The van der Waals surface area contributed by atoms with Crippen molar-refractivity contribution in [2.75, 3.05) is 17.7 Å². The molecule has 2 bridgehead atoms. The van der Waals surface area contributed by atoms with Crippen molar-refractivity contribution in [3.8, 4) is 5.75 Å². The lowest BCUT2D eigenvalue weighted by molar-refractivity contribution is -0.113. The molecule has 0 aliphatic heterocycles. The Morgan fingerprint density at radius 3 is 2.86 bits per heavy atom. The Balaban J connectivity index is 1.44. The van der Waals surface area contributed by atoms with E-state index in [1.165, 1.54) is 11.8 Å². The first-order valence-electron chi connectivity index (χ1n) is 9.76. The average Bonchev–Trinajstić information content (AvgIpc) is 3.00. The highest BCUT2D eigenvalue weighted by molar-refractivity contribution is 7.99. The quantitative estimate of drug-likeness (QED) is 0.736. The fourth-order valence-corrected chi connectivity index (χ4v) is 5.18. The summed E-state index contributed by atoms with van der Waals surface area (Å²) in [4.78, 5) is 17.2. The van der Waals surface area contributed by atoms with E-state index in [1.54, 1.807) is 0 Å². The van der Waals surface area contributed by atoms with Crippen LogP contribution in [-0.2, 0) is 10.2 Å². The highest BCUT2D eigenvalue weighted by Gasteiger charge is 2.61. The summed E-state index contributed by atoms with van der Waals surface area (Å²) in [6.07, 6.45) is 2.29. The Hall–Kier alpha value is -2.15. The van der Waals surface area contributed by atoms with Crippen molar-refractivity contribution in [2.45, 2.75) is 57.0 Å². The van der Waals surface area contributed by atoms with Crippen LogP contribution < -0.4 is 10.1 Å². The van der Waals surface area contributed by atoms with Gasteiger partial charge in [-0.25, -0.2) is 4.98 Å². The molecule has 0 spiro atoms. The molecule has 1 fully saturated rings. The maximum Gasteiger partial charge on any atom is 0.234 e. The highest BCUT2D eigenvalue weighted by atomic mass is 32.2. The minimum atomic E-state index is -0.116. The number of anilines is 1. The molecule has 28 heavy (non-hydrogen) atoms. The predicted octanol–water partition coefficient (Wildman–Crippen LogP) is 4.18. The lowest BCUT2D eigenvalue weighted by atomic mass is 9.70. The van der Waals surface area contributed by atoms with Gasteiger partial charge in [0.25, 0.3) is 0 Å². The highest BCUT2D eigenvalue weighted by Crippen LogP contribution is 2.66. The zero-order chi connectivity index (χ0) is 19.9. The molecule has 1 saturated carbocycles.